The molecular formula is C10H16N2O2. The molecule has 0 unspecified atom stereocenters. The monoisotopic (exact) mass is 196 g/mol. The molecule has 4 heteroatoms. The smallest absolute Gasteiger partial charge is 0.250 e. The highest BCUT2D eigenvalue weighted by Crippen LogP contribution is 2.10. The Kier molecular flexibility index (Phi) is 2.66. The van der Waals surface area contributed by atoms with Crippen LogP contribution < -0.4 is 11.3 Å². The van der Waals surface area contributed by atoms with Crippen LogP contribution in [0.2, 0.25) is 0 Å². The number of nitrogen functional groups attached to an aromatic ring is 1. The molecule has 0 aromatic carbocycles. The third-order valence-electron chi connectivity index (χ3n) is 2.04. The molecule has 0 saturated heterocycles. The molecule has 4 nitrogen and oxygen atoms in total. The van der Waals surface area contributed by atoms with Crippen LogP contribution in [0, 0.1) is 6.92 Å². The van der Waals surface area contributed by atoms with Crippen molar-refractivity contribution in [2.75, 3.05) is 5.73 Å². The largest absolute Gasteiger partial charge is 0.397 e. The van der Waals surface area contributed by atoms with Crippen molar-refractivity contribution in [3.63, 3.8) is 0 Å². The van der Waals surface area contributed by atoms with Crippen molar-refractivity contribution >= 4 is 5.69 Å². The van der Waals surface area contributed by atoms with Crippen molar-refractivity contribution in [1.82, 2.24) is 4.57 Å². The summed E-state index contributed by atoms with van der Waals surface area (Å²) >= 11 is 0. The third kappa shape index (κ3) is 2.35. The van der Waals surface area contributed by atoms with Crippen molar-refractivity contribution in [1.29, 1.82) is 0 Å². The molecule has 3 N–H and O–H groups in total. The SMILES string of the molecule is Cc1c(N)ccc(=O)n1CC(C)(C)O. The molecule has 0 radical (unpaired) electrons. The van der Waals surface area contributed by atoms with E-state index in [2.05, 4.69) is 0 Å². The van der Waals surface area contributed by atoms with Gasteiger partial charge in [-0.1, -0.05) is 0 Å². The van der Waals surface area contributed by atoms with Crippen LogP contribution >= 0.6 is 0 Å². The molecule has 0 saturated carbocycles. The Hall–Kier alpha value is -1.29. The van der Waals surface area contributed by atoms with Crippen LogP contribution in [0.5, 0.6) is 0 Å². The van der Waals surface area contributed by atoms with E-state index in [1.54, 1.807) is 26.8 Å². The molecule has 0 aliphatic rings. The average molecular weight is 196 g/mol. The molecule has 1 heterocycles. The fraction of sp³-hybridized carbons (Fsp3) is 0.500. The van der Waals surface area contributed by atoms with E-state index >= 15 is 0 Å². The minimum absolute atomic E-state index is 0.140. The van der Waals surface area contributed by atoms with Gasteiger partial charge in [0.2, 0.25) is 0 Å². The number of nitrogens with two attached hydrogens (primary N) is 1. The van der Waals surface area contributed by atoms with Gasteiger partial charge >= 0.3 is 0 Å². The molecule has 0 spiro atoms. The third-order valence-corrected chi connectivity index (χ3v) is 2.04. The lowest BCUT2D eigenvalue weighted by Gasteiger charge is -2.20. The zero-order valence-electron chi connectivity index (χ0n) is 8.74. The number of hydrogen-bond donors (Lipinski definition) is 2. The standard InChI is InChI=1S/C10H16N2O2/c1-7-8(11)4-5-9(13)12(7)6-10(2,3)14/h4-5,14H,6,11H2,1-3H3. The summed E-state index contributed by atoms with van der Waals surface area (Å²) in [7, 11) is 0. The van der Waals surface area contributed by atoms with Gasteiger partial charge in [0.1, 0.15) is 0 Å². The fourth-order valence-corrected chi connectivity index (χ4v) is 1.28. The summed E-state index contributed by atoms with van der Waals surface area (Å²) in [5, 5.41) is 9.61. The molecule has 1 aromatic rings. The number of hydrogen-bond acceptors (Lipinski definition) is 3. The topological polar surface area (TPSA) is 68.2 Å². The van der Waals surface area contributed by atoms with Gasteiger partial charge in [0.05, 0.1) is 17.8 Å². The molecule has 0 amide bonds. The lowest BCUT2D eigenvalue weighted by Crippen LogP contribution is -2.33. The molecule has 0 fully saturated rings. The van der Waals surface area contributed by atoms with E-state index in [0.717, 1.165) is 0 Å². The zero-order valence-corrected chi connectivity index (χ0v) is 8.74. The van der Waals surface area contributed by atoms with E-state index in [9.17, 15) is 9.90 Å². The molecule has 78 valence electrons. The fourth-order valence-electron chi connectivity index (χ4n) is 1.28. The van der Waals surface area contributed by atoms with Crippen molar-refractivity contribution in [2.24, 2.45) is 0 Å². The van der Waals surface area contributed by atoms with Crippen LogP contribution in [0.15, 0.2) is 16.9 Å². The van der Waals surface area contributed by atoms with Gasteiger partial charge in [-0.25, -0.2) is 0 Å². The van der Waals surface area contributed by atoms with Gasteiger partial charge in [0, 0.05) is 11.8 Å². The van der Waals surface area contributed by atoms with Crippen LogP contribution in [-0.4, -0.2) is 15.3 Å². The van der Waals surface area contributed by atoms with Crippen LogP contribution in [0.4, 0.5) is 5.69 Å². The zero-order chi connectivity index (χ0) is 10.9. The summed E-state index contributed by atoms with van der Waals surface area (Å²) in [6, 6.07) is 2.99. The number of aliphatic hydroxyl groups is 1. The Bertz CT molecular complexity index is 388. The summed E-state index contributed by atoms with van der Waals surface area (Å²) in [4.78, 5) is 11.5. The first-order valence-corrected chi connectivity index (χ1v) is 4.49. The van der Waals surface area contributed by atoms with Crippen molar-refractivity contribution < 1.29 is 5.11 Å². The number of nitrogens with zero attached hydrogens (tertiary/aromatic N) is 1. The molecule has 0 aliphatic carbocycles. The molecule has 0 aliphatic heterocycles. The van der Waals surface area contributed by atoms with E-state index < -0.39 is 5.60 Å². The summed E-state index contributed by atoms with van der Waals surface area (Å²) in [6.07, 6.45) is 0. The number of rotatable bonds is 2. The van der Waals surface area contributed by atoms with Gasteiger partial charge in [-0.05, 0) is 26.8 Å². The Morgan fingerprint density at radius 3 is 2.57 bits per heavy atom. The maximum atomic E-state index is 11.5. The van der Waals surface area contributed by atoms with Gasteiger partial charge in [0.25, 0.3) is 5.56 Å². The number of aromatic nitrogens is 1. The van der Waals surface area contributed by atoms with E-state index in [1.165, 1.54) is 10.6 Å². The van der Waals surface area contributed by atoms with Gasteiger partial charge in [-0.15, -0.1) is 0 Å². The van der Waals surface area contributed by atoms with E-state index in [4.69, 9.17) is 5.73 Å². The highest BCUT2D eigenvalue weighted by atomic mass is 16.3. The van der Waals surface area contributed by atoms with Gasteiger partial charge in [0.15, 0.2) is 0 Å². The molecule has 0 atom stereocenters. The quantitative estimate of drug-likeness (QED) is 0.724. The summed E-state index contributed by atoms with van der Waals surface area (Å²) in [5.74, 6) is 0. The summed E-state index contributed by atoms with van der Waals surface area (Å²) in [5.41, 5.74) is 5.87. The molecule has 0 bridgehead atoms. The summed E-state index contributed by atoms with van der Waals surface area (Å²) < 4.78 is 1.48. The maximum Gasteiger partial charge on any atom is 0.250 e. The Morgan fingerprint density at radius 1 is 1.50 bits per heavy atom. The average Bonchev–Trinajstić information content (AvgIpc) is 2.04. The Morgan fingerprint density at radius 2 is 2.07 bits per heavy atom. The van der Waals surface area contributed by atoms with E-state index in [-0.39, 0.29) is 12.1 Å². The maximum absolute atomic E-state index is 11.5. The van der Waals surface area contributed by atoms with Crippen molar-refractivity contribution in [2.45, 2.75) is 32.9 Å². The first kappa shape index (κ1) is 10.8. The highest BCUT2D eigenvalue weighted by molar-refractivity contribution is 5.41. The minimum atomic E-state index is -0.914. The predicted octanol–water partition coefficient (Wildman–Crippen LogP) is 0.510. The highest BCUT2D eigenvalue weighted by Gasteiger charge is 2.15. The van der Waals surface area contributed by atoms with Crippen LogP contribution in [-0.2, 0) is 6.54 Å². The van der Waals surface area contributed by atoms with Crippen LogP contribution in [0.1, 0.15) is 19.5 Å². The normalized spacial score (nSPS) is 11.7. The predicted molar refractivity (Wildman–Crippen MR) is 56.1 cm³/mol. The first-order chi connectivity index (χ1) is 6.31. The minimum Gasteiger partial charge on any atom is -0.397 e. The Balaban J connectivity index is 3.20. The van der Waals surface area contributed by atoms with Gasteiger partial charge < -0.3 is 15.4 Å². The second-order valence-corrected chi connectivity index (χ2v) is 4.11. The second-order valence-electron chi connectivity index (χ2n) is 4.11. The molecule has 1 aromatic heterocycles. The second kappa shape index (κ2) is 3.46. The van der Waals surface area contributed by atoms with Crippen molar-refractivity contribution in [3.05, 3.63) is 28.2 Å². The Labute approximate surface area is 83.0 Å². The first-order valence-electron chi connectivity index (χ1n) is 4.49. The van der Waals surface area contributed by atoms with E-state index in [1.807, 2.05) is 0 Å². The van der Waals surface area contributed by atoms with Crippen LogP contribution in [0.25, 0.3) is 0 Å². The molecule has 14 heavy (non-hydrogen) atoms. The molecule has 1 rings (SSSR count). The van der Waals surface area contributed by atoms with Crippen molar-refractivity contribution in [3.8, 4) is 0 Å². The number of pyridine rings is 1. The lowest BCUT2D eigenvalue weighted by atomic mass is 10.1. The summed E-state index contributed by atoms with van der Waals surface area (Å²) in [6.45, 7) is 5.33. The van der Waals surface area contributed by atoms with Crippen LogP contribution in [0.3, 0.4) is 0 Å². The van der Waals surface area contributed by atoms with Gasteiger partial charge in [-0.2, -0.15) is 0 Å². The van der Waals surface area contributed by atoms with Gasteiger partial charge in [-0.3, -0.25) is 4.79 Å². The number of anilines is 1. The molecular weight excluding hydrogens is 180 g/mol. The van der Waals surface area contributed by atoms with E-state index in [0.29, 0.717) is 11.4 Å². The lowest BCUT2D eigenvalue weighted by molar-refractivity contribution is 0.0599.